The summed E-state index contributed by atoms with van der Waals surface area (Å²) in [6.07, 6.45) is 4.29. The van der Waals surface area contributed by atoms with Gasteiger partial charge in [-0.1, -0.05) is 38.8 Å². The summed E-state index contributed by atoms with van der Waals surface area (Å²) in [5.74, 6) is 5.88. The zero-order valence-corrected chi connectivity index (χ0v) is 12.1. The van der Waals surface area contributed by atoms with Crippen LogP contribution in [0.15, 0.2) is 12.2 Å². The predicted octanol–water partition coefficient (Wildman–Crippen LogP) is 3.56. The molecule has 0 spiro atoms. The number of allylic oxidation sites excluding steroid dienone is 1. The van der Waals surface area contributed by atoms with E-state index in [0.29, 0.717) is 0 Å². The SMILES string of the molecule is C=C(C)[C@@H]1C2C(C)C2N2CC(CCCC)C3C1C32. The van der Waals surface area contributed by atoms with Gasteiger partial charge in [0, 0.05) is 18.6 Å². The Morgan fingerprint density at radius 1 is 1.22 bits per heavy atom. The highest BCUT2D eigenvalue weighted by Crippen LogP contribution is 2.72. The number of piperidine rings is 2. The zero-order chi connectivity index (χ0) is 12.6. The Hall–Kier alpha value is -0.300. The van der Waals surface area contributed by atoms with Crippen molar-refractivity contribution in [3.05, 3.63) is 12.2 Å². The molecule has 0 bridgehead atoms. The number of nitrogens with zero attached hydrogens (tertiary/aromatic N) is 1. The summed E-state index contributed by atoms with van der Waals surface area (Å²) in [7, 11) is 0. The molecule has 0 amide bonds. The van der Waals surface area contributed by atoms with Gasteiger partial charge in [0.25, 0.3) is 0 Å². The molecule has 2 aliphatic carbocycles. The van der Waals surface area contributed by atoms with Crippen molar-refractivity contribution >= 4 is 0 Å². The number of hydrogen-bond donors (Lipinski definition) is 0. The van der Waals surface area contributed by atoms with Crippen molar-refractivity contribution in [3.63, 3.8) is 0 Å². The smallest absolute Gasteiger partial charge is 0.0171 e. The highest BCUT2D eigenvalue weighted by molar-refractivity contribution is 5.31. The van der Waals surface area contributed by atoms with Gasteiger partial charge in [-0.15, -0.1) is 0 Å². The minimum absolute atomic E-state index is 0.876. The van der Waals surface area contributed by atoms with Gasteiger partial charge >= 0.3 is 0 Å². The fourth-order valence-electron chi connectivity index (χ4n) is 5.86. The maximum Gasteiger partial charge on any atom is 0.0171 e. The Labute approximate surface area is 112 Å². The first-order valence-electron chi connectivity index (χ1n) is 8.08. The van der Waals surface area contributed by atoms with E-state index in [-0.39, 0.29) is 0 Å². The fourth-order valence-corrected chi connectivity index (χ4v) is 5.86. The molecule has 2 saturated carbocycles. The van der Waals surface area contributed by atoms with E-state index in [4.69, 9.17) is 0 Å². The third-order valence-corrected chi connectivity index (χ3v) is 6.57. The van der Waals surface area contributed by atoms with Crippen molar-refractivity contribution in [2.45, 2.75) is 52.1 Å². The molecule has 4 fully saturated rings. The summed E-state index contributed by atoms with van der Waals surface area (Å²) in [5.41, 5.74) is 1.49. The Balaban J connectivity index is 1.56. The molecule has 0 radical (unpaired) electrons. The second-order valence-electron chi connectivity index (χ2n) is 7.54. The molecule has 2 saturated heterocycles. The molecule has 0 aromatic rings. The first kappa shape index (κ1) is 11.5. The fraction of sp³-hybridized carbons (Fsp3) is 0.882. The van der Waals surface area contributed by atoms with E-state index in [9.17, 15) is 0 Å². The molecular formula is C17H27N. The summed E-state index contributed by atoms with van der Waals surface area (Å²) in [6, 6.07) is 1.91. The Morgan fingerprint density at radius 3 is 2.67 bits per heavy atom. The standard InChI is InChI=1S/C17H27N/c1-5-6-7-11-8-18-16-10(4)13(16)12(9(2)3)15-14(11)17(15)18/h10-17H,2,5-8H2,1,3-4H3/t10?,11?,12-,13?,14?,15?,16?,17?/m1/s1. The lowest BCUT2D eigenvalue weighted by Gasteiger charge is -2.33. The zero-order valence-electron chi connectivity index (χ0n) is 12.1. The Bertz CT molecular complexity index is 387. The van der Waals surface area contributed by atoms with Crippen LogP contribution in [0, 0.1) is 35.5 Å². The van der Waals surface area contributed by atoms with Gasteiger partial charge in [0.15, 0.2) is 0 Å². The minimum atomic E-state index is 0.876. The van der Waals surface area contributed by atoms with Crippen molar-refractivity contribution < 1.29 is 0 Å². The van der Waals surface area contributed by atoms with Gasteiger partial charge in [-0.05, 0) is 48.9 Å². The van der Waals surface area contributed by atoms with E-state index in [1.807, 2.05) is 0 Å². The van der Waals surface area contributed by atoms with Crippen LogP contribution >= 0.6 is 0 Å². The molecule has 0 N–H and O–H groups in total. The first-order chi connectivity index (χ1) is 8.66. The van der Waals surface area contributed by atoms with Gasteiger partial charge in [0.05, 0.1) is 0 Å². The van der Waals surface area contributed by atoms with E-state index >= 15 is 0 Å². The average Bonchev–Trinajstić information content (AvgIpc) is 3.16. The molecule has 4 aliphatic rings. The first-order valence-corrected chi connectivity index (χ1v) is 8.08. The molecule has 0 aromatic carbocycles. The van der Waals surface area contributed by atoms with Crippen LogP contribution in [0.25, 0.3) is 0 Å². The molecule has 2 heterocycles. The predicted molar refractivity (Wildman–Crippen MR) is 75.2 cm³/mol. The monoisotopic (exact) mass is 245 g/mol. The maximum absolute atomic E-state index is 4.32. The summed E-state index contributed by atoms with van der Waals surface area (Å²) >= 11 is 0. The number of rotatable bonds is 4. The molecule has 4 rings (SSSR count). The largest absolute Gasteiger partial charge is 0.296 e. The topological polar surface area (TPSA) is 3.24 Å². The molecule has 1 heteroatoms. The average molecular weight is 245 g/mol. The minimum Gasteiger partial charge on any atom is -0.296 e. The Kier molecular flexibility index (Phi) is 2.32. The van der Waals surface area contributed by atoms with Crippen molar-refractivity contribution in [3.8, 4) is 0 Å². The summed E-state index contributed by atoms with van der Waals surface area (Å²) in [6.45, 7) is 12.8. The van der Waals surface area contributed by atoms with Gasteiger partial charge in [-0.2, -0.15) is 0 Å². The lowest BCUT2D eigenvalue weighted by Crippen LogP contribution is -2.38. The summed E-state index contributed by atoms with van der Waals surface area (Å²) in [4.78, 5) is 2.92. The maximum atomic E-state index is 4.32. The van der Waals surface area contributed by atoms with Gasteiger partial charge in [0.1, 0.15) is 0 Å². The van der Waals surface area contributed by atoms with E-state index in [1.165, 1.54) is 31.4 Å². The number of hydrogen-bond acceptors (Lipinski definition) is 1. The molecule has 0 aromatic heterocycles. The number of unbranched alkanes of at least 4 members (excludes halogenated alkanes) is 1. The third kappa shape index (κ3) is 1.27. The lowest BCUT2D eigenvalue weighted by molar-refractivity contribution is 0.160. The highest BCUT2D eigenvalue weighted by Gasteiger charge is 2.75. The van der Waals surface area contributed by atoms with Crippen LogP contribution in [0.2, 0.25) is 0 Å². The summed E-state index contributed by atoms with van der Waals surface area (Å²) < 4.78 is 0. The highest BCUT2D eigenvalue weighted by atomic mass is 15.3. The van der Waals surface area contributed by atoms with Crippen LogP contribution in [0.5, 0.6) is 0 Å². The van der Waals surface area contributed by atoms with E-state index in [2.05, 4.69) is 32.3 Å². The van der Waals surface area contributed by atoms with Gasteiger partial charge in [-0.3, -0.25) is 4.90 Å². The molecule has 7 unspecified atom stereocenters. The van der Waals surface area contributed by atoms with Gasteiger partial charge in [-0.25, -0.2) is 0 Å². The van der Waals surface area contributed by atoms with E-state index in [1.54, 1.807) is 0 Å². The van der Waals surface area contributed by atoms with Crippen LogP contribution < -0.4 is 0 Å². The van der Waals surface area contributed by atoms with E-state index in [0.717, 1.165) is 47.6 Å². The van der Waals surface area contributed by atoms with Crippen LogP contribution in [-0.4, -0.2) is 23.5 Å². The van der Waals surface area contributed by atoms with Crippen LogP contribution in [-0.2, 0) is 0 Å². The van der Waals surface area contributed by atoms with Gasteiger partial charge in [0.2, 0.25) is 0 Å². The molecule has 18 heavy (non-hydrogen) atoms. The quantitative estimate of drug-likeness (QED) is 0.685. The van der Waals surface area contributed by atoms with Gasteiger partial charge < -0.3 is 0 Å². The third-order valence-electron chi connectivity index (χ3n) is 6.57. The second kappa shape index (κ2) is 3.62. The van der Waals surface area contributed by atoms with Crippen LogP contribution in [0.3, 0.4) is 0 Å². The molecule has 2 aliphatic heterocycles. The van der Waals surface area contributed by atoms with E-state index < -0.39 is 0 Å². The van der Waals surface area contributed by atoms with Crippen molar-refractivity contribution in [1.82, 2.24) is 4.90 Å². The van der Waals surface area contributed by atoms with Crippen molar-refractivity contribution in [1.29, 1.82) is 0 Å². The molecule has 100 valence electrons. The summed E-state index contributed by atoms with van der Waals surface area (Å²) in [5, 5.41) is 0. The molecule has 8 atom stereocenters. The second-order valence-corrected chi connectivity index (χ2v) is 7.54. The van der Waals surface area contributed by atoms with Crippen LogP contribution in [0.1, 0.15) is 40.0 Å². The Morgan fingerprint density at radius 2 is 2.00 bits per heavy atom. The molecular weight excluding hydrogens is 218 g/mol. The molecule has 1 nitrogen and oxygen atoms in total. The van der Waals surface area contributed by atoms with Crippen molar-refractivity contribution in [2.24, 2.45) is 35.5 Å². The number of fused-ring (bicyclic) bond motifs is 3. The van der Waals surface area contributed by atoms with Crippen LogP contribution in [0.4, 0.5) is 0 Å². The van der Waals surface area contributed by atoms with Crippen molar-refractivity contribution in [2.75, 3.05) is 6.54 Å². The lowest BCUT2D eigenvalue weighted by atomic mass is 9.83. The normalized spacial score (nSPS) is 55.9.